The highest BCUT2D eigenvalue weighted by molar-refractivity contribution is 6.07. The van der Waals surface area contributed by atoms with Crippen LogP contribution in [0.5, 0.6) is 0 Å². The van der Waals surface area contributed by atoms with Crippen LogP contribution in [0.1, 0.15) is 28.8 Å². The van der Waals surface area contributed by atoms with Gasteiger partial charge in [-0.3, -0.25) is 9.59 Å². The SMILES string of the molecule is Cc1ccc(NC(=O)C2CCN(C(=O)c3cccc4ccccc34)CC2)c(F)c1. The quantitative estimate of drug-likeness (QED) is 0.700. The highest BCUT2D eigenvalue weighted by Gasteiger charge is 2.28. The van der Waals surface area contributed by atoms with Crippen LogP contribution in [-0.4, -0.2) is 29.8 Å². The van der Waals surface area contributed by atoms with Gasteiger partial charge in [0.2, 0.25) is 5.91 Å². The molecule has 1 heterocycles. The van der Waals surface area contributed by atoms with Gasteiger partial charge in [0.05, 0.1) is 5.69 Å². The Bertz CT molecular complexity index is 1070. The van der Waals surface area contributed by atoms with Gasteiger partial charge in [-0.15, -0.1) is 0 Å². The smallest absolute Gasteiger partial charge is 0.254 e. The number of fused-ring (bicyclic) bond motifs is 1. The van der Waals surface area contributed by atoms with Crippen LogP contribution in [0.2, 0.25) is 0 Å². The van der Waals surface area contributed by atoms with Gasteiger partial charge in [0.1, 0.15) is 5.82 Å². The van der Waals surface area contributed by atoms with Crippen molar-refractivity contribution in [1.82, 2.24) is 4.90 Å². The Balaban J connectivity index is 1.41. The van der Waals surface area contributed by atoms with Gasteiger partial charge in [0.25, 0.3) is 5.91 Å². The molecule has 29 heavy (non-hydrogen) atoms. The van der Waals surface area contributed by atoms with E-state index in [9.17, 15) is 14.0 Å². The van der Waals surface area contributed by atoms with E-state index in [4.69, 9.17) is 0 Å². The van der Waals surface area contributed by atoms with Gasteiger partial charge >= 0.3 is 0 Å². The highest BCUT2D eigenvalue weighted by atomic mass is 19.1. The minimum absolute atomic E-state index is 0.00904. The van der Waals surface area contributed by atoms with Crippen molar-refractivity contribution in [3.05, 3.63) is 77.6 Å². The van der Waals surface area contributed by atoms with Crippen molar-refractivity contribution in [2.75, 3.05) is 18.4 Å². The minimum Gasteiger partial charge on any atom is -0.339 e. The first kappa shape index (κ1) is 19.1. The fourth-order valence-electron chi connectivity index (χ4n) is 3.88. The Labute approximate surface area is 169 Å². The number of halogens is 1. The number of aryl methyl sites for hydroxylation is 1. The predicted molar refractivity (Wildman–Crippen MR) is 112 cm³/mol. The van der Waals surface area contributed by atoms with E-state index in [-0.39, 0.29) is 23.4 Å². The van der Waals surface area contributed by atoms with Crippen LogP contribution in [0.15, 0.2) is 60.7 Å². The standard InChI is InChI=1S/C24H23FN2O2/c1-16-9-10-22(21(25)15-16)26-23(28)18-11-13-27(14-12-18)24(29)20-8-4-6-17-5-2-3-7-19(17)20/h2-10,15,18H,11-14H2,1H3,(H,26,28). The zero-order valence-electron chi connectivity index (χ0n) is 16.3. The number of nitrogens with zero attached hydrogens (tertiary/aromatic N) is 1. The Morgan fingerprint density at radius 2 is 1.72 bits per heavy atom. The summed E-state index contributed by atoms with van der Waals surface area (Å²) in [4.78, 5) is 27.4. The second-order valence-electron chi connectivity index (χ2n) is 7.57. The second kappa shape index (κ2) is 8.03. The van der Waals surface area contributed by atoms with E-state index < -0.39 is 5.82 Å². The Morgan fingerprint density at radius 3 is 2.48 bits per heavy atom. The first-order chi connectivity index (χ1) is 14.0. The van der Waals surface area contributed by atoms with Gasteiger partial charge < -0.3 is 10.2 Å². The maximum Gasteiger partial charge on any atom is 0.254 e. The molecule has 1 aliphatic heterocycles. The van der Waals surface area contributed by atoms with E-state index >= 15 is 0 Å². The molecule has 148 valence electrons. The summed E-state index contributed by atoms with van der Waals surface area (Å²) in [5.74, 6) is -0.857. The van der Waals surface area contributed by atoms with E-state index in [0.717, 1.165) is 16.3 Å². The van der Waals surface area contributed by atoms with Gasteiger partial charge in [0, 0.05) is 24.6 Å². The fourth-order valence-corrected chi connectivity index (χ4v) is 3.88. The number of amides is 2. The number of hydrogen-bond acceptors (Lipinski definition) is 2. The summed E-state index contributed by atoms with van der Waals surface area (Å²) in [5.41, 5.74) is 1.70. The van der Waals surface area contributed by atoms with E-state index in [2.05, 4.69) is 5.32 Å². The molecule has 1 fully saturated rings. The third-order valence-electron chi connectivity index (χ3n) is 5.56. The van der Waals surface area contributed by atoms with Crippen molar-refractivity contribution < 1.29 is 14.0 Å². The summed E-state index contributed by atoms with van der Waals surface area (Å²) in [7, 11) is 0. The van der Waals surface area contributed by atoms with Crippen LogP contribution < -0.4 is 5.32 Å². The number of piperidine rings is 1. The summed E-state index contributed by atoms with van der Waals surface area (Å²) < 4.78 is 14.0. The Morgan fingerprint density at radius 1 is 1.00 bits per heavy atom. The molecule has 0 bridgehead atoms. The van der Waals surface area contributed by atoms with Crippen LogP contribution >= 0.6 is 0 Å². The number of carbonyl (C=O) groups is 2. The molecule has 1 aliphatic rings. The van der Waals surface area contributed by atoms with Gasteiger partial charge in [0.15, 0.2) is 0 Å². The molecule has 1 saturated heterocycles. The monoisotopic (exact) mass is 390 g/mol. The fraction of sp³-hybridized carbons (Fsp3) is 0.250. The van der Waals surface area contributed by atoms with Crippen molar-refractivity contribution in [2.24, 2.45) is 5.92 Å². The van der Waals surface area contributed by atoms with Gasteiger partial charge in [-0.1, -0.05) is 42.5 Å². The maximum atomic E-state index is 14.0. The molecule has 5 heteroatoms. The lowest BCUT2D eigenvalue weighted by Gasteiger charge is -2.31. The summed E-state index contributed by atoms with van der Waals surface area (Å²) in [5, 5.41) is 4.66. The molecule has 0 radical (unpaired) electrons. The number of anilines is 1. The molecule has 3 aromatic rings. The Kier molecular flexibility index (Phi) is 5.30. The maximum absolute atomic E-state index is 14.0. The zero-order chi connectivity index (χ0) is 20.4. The average Bonchev–Trinajstić information content (AvgIpc) is 2.75. The number of nitrogens with one attached hydrogen (secondary N) is 1. The lowest BCUT2D eigenvalue weighted by atomic mass is 9.94. The lowest BCUT2D eigenvalue weighted by Crippen LogP contribution is -2.41. The van der Waals surface area contributed by atoms with Crippen molar-refractivity contribution in [3.8, 4) is 0 Å². The zero-order valence-corrected chi connectivity index (χ0v) is 16.3. The van der Waals surface area contributed by atoms with Crippen molar-refractivity contribution >= 4 is 28.3 Å². The third kappa shape index (κ3) is 3.99. The van der Waals surface area contributed by atoms with Crippen LogP contribution in [0.3, 0.4) is 0 Å². The third-order valence-corrected chi connectivity index (χ3v) is 5.56. The van der Waals surface area contributed by atoms with Crippen LogP contribution in [0.4, 0.5) is 10.1 Å². The normalized spacial score (nSPS) is 14.8. The first-order valence-corrected chi connectivity index (χ1v) is 9.87. The molecule has 4 rings (SSSR count). The largest absolute Gasteiger partial charge is 0.339 e. The van der Waals surface area contributed by atoms with Crippen molar-refractivity contribution in [3.63, 3.8) is 0 Å². The molecular weight excluding hydrogens is 367 g/mol. The molecule has 0 atom stereocenters. The minimum atomic E-state index is -0.429. The molecule has 1 N–H and O–H groups in total. The first-order valence-electron chi connectivity index (χ1n) is 9.87. The van der Waals surface area contributed by atoms with Crippen molar-refractivity contribution in [2.45, 2.75) is 19.8 Å². The van der Waals surface area contributed by atoms with Crippen LogP contribution in [-0.2, 0) is 4.79 Å². The number of likely N-dealkylation sites (tertiary alicyclic amines) is 1. The molecule has 0 spiro atoms. The van der Waals surface area contributed by atoms with Gasteiger partial charge in [-0.05, 0) is 54.3 Å². The molecule has 2 amide bonds. The summed E-state index contributed by atoms with van der Waals surface area (Å²) in [6.07, 6.45) is 1.13. The predicted octanol–water partition coefficient (Wildman–Crippen LogP) is 4.78. The van der Waals surface area contributed by atoms with E-state index in [1.807, 2.05) is 42.5 Å². The molecule has 0 unspecified atom stereocenters. The number of carbonyl (C=O) groups excluding carboxylic acids is 2. The van der Waals surface area contributed by atoms with E-state index in [1.54, 1.807) is 24.0 Å². The molecule has 4 nitrogen and oxygen atoms in total. The van der Waals surface area contributed by atoms with Gasteiger partial charge in [-0.2, -0.15) is 0 Å². The molecule has 0 aromatic heterocycles. The lowest BCUT2D eigenvalue weighted by molar-refractivity contribution is -0.121. The second-order valence-corrected chi connectivity index (χ2v) is 7.57. The van der Waals surface area contributed by atoms with E-state index in [0.29, 0.717) is 31.5 Å². The number of rotatable bonds is 3. The molecule has 0 aliphatic carbocycles. The highest BCUT2D eigenvalue weighted by Crippen LogP contribution is 2.25. The topological polar surface area (TPSA) is 49.4 Å². The van der Waals surface area contributed by atoms with E-state index in [1.165, 1.54) is 6.07 Å². The summed E-state index contributed by atoms with van der Waals surface area (Å²) >= 11 is 0. The summed E-state index contributed by atoms with van der Waals surface area (Å²) in [6.45, 7) is 2.82. The van der Waals surface area contributed by atoms with Crippen LogP contribution in [0, 0.1) is 18.7 Å². The average molecular weight is 390 g/mol. The van der Waals surface area contributed by atoms with Crippen LogP contribution in [0.25, 0.3) is 10.8 Å². The molecule has 3 aromatic carbocycles. The van der Waals surface area contributed by atoms with Gasteiger partial charge in [-0.25, -0.2) is 4.39 Å². The van der Waals surface area contributed by atoms with Crippen molar-refractivity contribution in [1.29, 1.82) is 0 Å². The summed E-state index contributed by atoms with van der Waals surface area (Å²) in [6, 6.07) is 18.3. The number of benzene rings is 3. The Hall–Kier alpha value is -3.21. The molecule has 0 saturated carbocycles. The molecular formula is C24H23FN2O2. The number of hydrogen-bond donors (Lipinski definition) is 1.